The van der Waals surface area contributed by atoms with Crippen molar-refractivity contribution in [2.45, 2.75) is 26.4 Å². The summed E-state index contributed by atoms with van der Waals surface area (Å²) in [6.45, 7) is 5.18. The molecule has 0 saturated carbocycles. The zero-order valence-electron chi connectivity index (χ0n) is 17.1. The number of pyridine rings is 1. The Morgan fingerprint density at radius 2 is 1.86 bits per heavy atom. The van der Waals surface area contributed by atoms with Crippen LogP contribution in [0.4, 0.5) is 11.5 Å². The van der Waals surface area contributed by atoms with Gasteiger partial charge in [0.25, 0.3) is 5.91 Å². The summed E-state index contributed by atoms with van der Waals surface area (Å²) in [5.41, 5.74) is 2.22. The number of benzene rings is 2. The summed E-state index contributed by atoms with van der Waals surface area (Å²) < 4.78 is 10.7. The maximum atomic E-state index is 12.8. The monoisotopic (exact) mass is 393 g/mol. The lowest BCUT2D eigenvalue weighted by Crippen LogP contribution is -2.26. The van der Waals surface area contributed by atoms with Crippen molar-refractivity contribution < 1.29 is 14.3 Å². The molecule has 0 aliphatic carbocycles. The van der Waals surface area contributed by atoms with E-state index in [1.54, 1.807) is 13.2 Å². The first-order valence-electron chi connectivity index (χ1n) is 9.77. The molecule has 0 aliphatic rings. The number of carbonyl (C=O) groups is 1. The first kappa shape index (κ1) is 20.6. The number of ether oxygens (including phenoxy) is 2. The average molecular weight is 393 g/mol. The molecule has 2 N–H and O–H groups in total. The third-order valence-corrected chi connectivity index (χ3v) is 4.38. The Balaban J connectivity index is 1.77. The van der Waals surface area contributed by atoms with E-state index in [9.17, 15) is 4.79 Å². The van der Waals surface area contributed by atoms with Crippen LogP contribution in [0, 0.1) is 0 Å². The second kappa shape index (κ2) is 9.89. The first-order chi connectivity index (χ1) is 14.1. The standard InChI is InChI=1S/C23H27N3O3/c1-16(2)29-14-6-13-24-23(27)20-15-22(26-21-8-5-4-7-19(20)21)25-17-9-11-18(28-3)12-10-17/h4-5,7-12,15-16H,6,13-14H2,1-3H3,(H,24,27)(H,25,26). The number of methoxy groups -OCH3 is 1. The highest BCUT2D eigenvalue weighted by atomic mass is 16.5. The molecule has 3 rings (SSSR count). The molecule has 0 atom stereocenters. The highest BCUT2D eigenvalue weighted by Gasteiger charge is 2.13. The smallest absolute Gasteiger partial charge is 0.252 e. The van der Waals surface area contributed by atoms with Gasteiger partial charge in [-0.2, -0.15) is 0 Å². The summed E-state index contributed by atoms with van der Waals surface area (Å²) in [5.74, 6) is 1.27. The van der Waals surface area contributed by atoms with Crippen molar-refractivity contribution in [1.29, 1.82) is 0 Å². The number of hydrogen-bond acceptors (Lipinski definition) is 5. The van der Waals surface area contributed by atoms with Crippen LogP contribution in [-0.4, -0.2) is 37.3 Å². The minimum absolute atomic E-state index is 0.120. The van der Waals surface area contributed by atoms with Gasteiger partial charge in [-0.25, -0.2) is 4.98 Å². The Kier molecular flexibility index (Phi) is 7.03. The van der Waals surface area contributed by atoms with Gasteiger partial charge < -0.3 is 20.1 Å². The van der Waals surface area contributed by atoms with Crippen LogP contribution >= 0.6 is 0 Å². The molecule has 1 amide bonds. The molecule has 152 valence electrons. The fraction of sp³-hybridized carbons (Fsp3) is 0.304. The Hall–Kier alpha value is -3.12. The molecule has 6 heteroatoms. The van der Waals surface area contributed by atoms with Gasteiger partial charge in [-0.1, -0.05) is 18.2 Å². The molecule has 0 fully saturated rings. The van der Waals surface area contributed by atoms with Gasteiger partial charge in [0, 0.05) is 24.2 Å². The molecule has 1 heterocycles. The number of nitrogens with one attached hydrogen (secondary N) is 2. The lowest BCUT2D eigenvalue weighted by atomic mass is 10.1. The molecule has 0 aliphatic heterocycles. The van der Waals surface area contributed by atoms with Crippen LogP contribution in [0.25, 0.3) is 10.9 Å². The van der Waals surface area contributed by atoms with Crippen molar-refractivity contribution in [1.82, 2.24) is 10.3 Å². The first-order valence-corrected chi connectivity index (χ1v) is 9.77. The summed E-state index contributed by atoms with van der Waals surface area (Å²) in [5, 5.41) is 7.07. The number of anilines is 2. The number of fused-ring (bicyclic) bond motifs is 1. The van der Waals surface area contributed by atoms with Crippen LogP contribution in [0.5, 0.6) is 5.75 Å². The minimum Gasteiger partial charge on any atom is -0.497 e. The SMILES string of the molecule is COc1ccc(Nc2cc(C(=O)NCCCOC(C)C)c3ccccc3n2)cc1. The molecule has 0 radical (unpaired) electrons. The van der Waals surface area contributed by atoms with Crippen molar-refractivity contribution >= 4 is 28.3 Å². The van der Waals surface area contributed by atoms with Gasteiger partial charge in [0.15, 0.2) is 0 Å². The van der Waals surface area contributed by atoms with Crippen LogP contribution in [-0.2, 0) is 4.74 Å². The number of para-hydroxylation sites is 1. The Bertz CT molecular complexity index is 955. The minimum atomic E-state index is -0.120. The Labute approximate surface area is 171 Å². The van der Waals surface area contributed by atoms with Crippen LogP contribution in [0.3, 0.4) is 0 Å². The van der Waals surface area contributed by atoms with Crippen molar-refractivity contribution in [3.63, 3.8) is 0 Å². The van der Waals surface area contributed by atoms with Crippen molar-refractivity contribution in [3.8, 4) is 5.75 Å². The number of nitrogens with zero attached hydrogens (tertiary/aromatic N) is 1. The van der Waals surface area contributed by atoms with Gasteiger partial charge in [-0.3, -0.25) is 4.79 Å². The fourth-order valence-electron chi connectivity index (χ4n) is 2.94. The predicted molar refractivity (Wildman–Crippen MR) is 116 cm³/mol. The maximum Gasteiger partial charge on any atom is 0.252 e. The van der Waals surface area contributed by atoms with Crippen molar-refractivity contribution in [2.24, 2.45) is 0 Å². The van der Waals surface area contributed by atoms with Gasteiger partial charge in [-0.05, 0) is 56.7 Å². The van der Waals surface area contributed by atoms with Crippen LogP contribution in [0.1, 0.15) is 30.6 Å². The fourth-order valence-corrected chi connectivity index (χ4v) is 2.94. The van der Waals surface area contributed by atoms with Crippen LogP contribution in [0.2, 0.25) is 0 Å². The summed E-state index contributed by atoms with van der Waals surface area (Å²) in [7, 11) is 1.63. The van der Waals surface area contributed by atoms with E-state index < -0.39 is 0 Å². The number of hydrogen-bond donors (Lipinski definition) is 2. The highest BCUT2D eigenvalue weighted by Crippen LogP contribution is 2.24. The van der Waals surface area contributed by atoms with Gasteiger partial charge >= 0.3 is 0 Å². The molecular weight excluding hydrogens is 366 g/mol. The molecule has 0 saturated heterocycles. The molecule has 1 aromatic heterocycles. The van der Waals surface area contributed by atoms with E-state index in [0.717, 1.165) is 28.8 Å². The lowest BCUT2D eigenvalue weighted by molar-refractivity contribution is 0.0757. The Morgan fingerprint density at radius 1 is 1.10 bits per heavy atom. The van der Waals surface area contributed by atoms with Gasteiger partial charge in [0.1, 0.15) is 11.6 Å². The number of rotatable bonds is 9. The van der Waals surface area contributed by atoms with E-state index in [1.807, 2.05) is 62.4 Å². The molecular formula is C23H27N3O3. The normalized spacial score (nSPS) is 10.9. The van der Waals surface area contributed by atoms with Crippen LogP contribution < -0.4 is 15.4 Å². The molecule has 29 heavy (non-hydrogen) atoms. The average Bonchev–Trinajstić information content (AvgIpc) is 2.73. The summed E-state index contributed by atoms with van der Waals surface area (Å²) in [6, 6.07) is 17.0. The van der Waals surface area contributed by atoms with E-state index in [2.05, 4.69) is 15.6 Å². The highest BCUT2D eigenvalue weighted by molar-refractivity contribution is 6.07. The third kappa shape index (κ3) is 5.68. The molecule has 0 bridgehead atoms. The topological polar surface area (TPSA) is 72.5 Å². The second-order valence-electron chi connectivity index (χ2n) is 6.95. The van der Waals surface area contributed by atoms with Gasteiger partial charge in [0.05, 0.1) is 24.3 Å². The van der Waals surface area contributed by atoms with Gasteiger partial charge in [-0.15, -0.1) is 0 Å². The zero-order chi connectivity index (χ0) is 20.6. The molecule has 6 nitrogen and oxygen atoms in total. The number of aromatic nitrogens is 1. The van der Waals surface area contributed by atoms with E-state index in [-0.39, 0.29) is 12.0 Å². The maximum absolute atomic E-state index is 12.8. The summed E-state index contributed by atoms with van der Waals surface area (Å²) in [4.78, 5) is 17.5. The predicted octanol–water partition coefficient (Wildman–Crippen LogP) is 4.53. The largest absolute Gasteiger partial charge is 0.497 e. The Morgan fingerprint density at radius 3 is 2.59 bits per heavy atom. The number of carbonyl (C=O) groups excluding carboxylic acids is 1. The zero-order valence-corrected chi connectivity index (χ0v) is 17.1. The van der Waals surface area contributed by atoms with E-state index in [0.29, 0.717) is 24.5 Å². The lowest BCUT2D eigenvalue weighted by Gasteiger charge is -2.12. The molecule has 0 unspecified atom stereocenters. The molecule has 0 spiro atoms. The third-order valence-electron chi connectivity index (χ3n) is 4.38. The summed E-state index contributed by atoms with van der Waals surface area (Å²) >= 11 is 0. The molecule has 3 aromatic rings. The van der Waals surface area contributed by atoms with E-state index in [1.165, 1.54) is 0 Å². The van der Waals surface area contributed by atoms with E-state index >= 15 is 0 Å². The van der Waals surface area contributed by atoms with Gasteiger partial charge in [0.2, 0.25) is 0 Å². The van der Waals surface area contributed by atoms with Crippen LogP contribution in [0.15, 0.2) is 54.6 Å². The summed E-state index contributed by atoms with van der Waals surface area (Å²) in [6.07, 6.45) is 0.964. The quantitative estimate of drug-likeness (QED) is 0.523. The molecule has 2 aromatic carbocycles. The van der Waals surface area contributed by atoms with E-state index in [4.69, 9.17) is 9.47 Å². The second-order valence-corrected chi connectivity index (χ2v) is 6.95. The van der Waals surface area contributed by atoms with Crippen molar-refractivity contribution in [2.75, 3.05) is 25.6 Å². The van der Waals surface area contributed by atoms with Crippen molar-refractivity contribution in [3.05, 3.63) is 60.2 Å². The number of amides is 1.